The van der Waals surface area contributed by atoms with Gasteiger partial charge in [0.2, 0.25) is 0 Å². The summed E-state index contributed by atoms with van der Waals surface area (Å²) >= 11 is 5.38. The largest absolute Gasteiger partial charge is 0.418 e. The molecule has 0 saturated carbocycles. The molecule has 0 spiro atoms. The Hall–Kier alpha value is 0. The van der Waals surface area contributed by atoms with E-state index in [0.29, 0.717) is 6.54 Å². The summed E-state index contributed by atoms with van der Waals surface area (Å²) in [7, 11) is 0. The Kier molecular flexibility index (Phi) is 3.09. The van der Waals surface area contributed by atoms with E-state index < -0.39 is 11.8 Å². The number of alkyl halides is 4. The van der Waals surface area contributed by atoms with Crippen molar-refractivity contribution in [1.82, 2.24) is 4.90 Å². The van der Waals surface area contributed by atoms with Crippen LogP contribution in [0.4, 0.5) is 13.2 Å². The Morgan fingerprint density at radius 1 is 1.46 bits per heavy atom. The minimum atomic E-state index is -4.53. The summed E-state index contributed by atoms with van der Waals surface area (Å²) in [6.45, 7) is 0.284. The lowest BCUT2D eigenvalue weighted by Crippen LogP contribution is -2.47. The van der Waals surface area contributed by atoms with Gasteiger partial charge in [-0.25, -0.2) is 0 Å². The van der Waals surface area contributed by atoms with E-state index in [-0.39, 0.29) is 25.4 Å². The molecule has 0 aliphatic carbocycles. The maximum atomic E-state index is 12.2. The summed E-state index contributed by atoms with van der Waals surface area (Å²) in [6.07, 6.45) is -4.79. The summed E-state index contributed by atoms with van der Waals surface area (Å²) in [5.41, 5.74) is -2.53. The summed E-state index contributed by atoms with van der Waals surface area (Å²) < 4.78 is 36.7. The smallest absolute Gasteiger partial charge is 0.379 e. The second-order valence-electron chi connectivity index (χ2n) is 3.24. The van der Waals surface area contributed by atoms with Gasteiger partial charge >= 0.3 is 6.18 Å². The van der Waals surface area contributed by atoms with Crippen LogP contribution in [0.15, 0.2) is 0 Å². The molecule has 0 bridgehead atoms. The minimum Gasteiger partial charge on any atom is -0.379 e. The first-order valence-corrected chi connectivity index (χ1v) is 4.50. The van der Waals surface area contributed by atoms with Crippen molar-refractivity contribution in [1.29, 1.82) is 0 Å². The Morgan fingerprint density at radius 3 is 2.46 bits per heavy atom. The van der Waals surface area contributed by atoms with E-state index in [0.717, 1.165) is 0 Å². The highest BCUT2D eigenvalue weighted by molar-refractivity contribution is 6.18. The highest BCUT2D eigenvalue weighted by Crippen LogP contribution is 2.37. The number of hydrogen-bond acceptors (Lipinski definition) is 2. The molecule has 1 heterocycles. The number of halogens is 4. The molecule has 1 aliphatic rings. The second-order valence-corrected chi connectivity index (χ2v) is 3.62. The molecule has 1 aliphatic heterocycles. The van der Waals surface area contributed by atoms with Crippen molar-refractivity contribution < 1.29 is 18.3 Å². The van der Waals surface area contributed by atoms with E-state index >= 15 is 0 Å². The van der Waals surface area contributed by atoms with Crippen molar-refractivity contribution in [2.24, 2.45) is 0 Å². The van der Waals surface area contributed by atoms with Gasteiger partial charge in [-0.05, 0) is 6.42 Å². The molecule has 0 radical (unpaired) electrons. The Morgan fingerprint density at radius 2 is 2.08 bits per heavy atom. The van der Waals surface area contributed by atoms with Crippen LogP contribution in [0, 0.1) is 0 Å². The van der Waals surface area contributed by atoms with Crippen LogP contribution < -0.4 is 0 Å². The zero-order valence-electron chi connectivity index (χ0n) is 6.94. The third-order valence-corrected chi connectivity index (χ3v) is 2.42. The second kappa shape index (κ2) is 3.63. The minimum absolute atomic E-state index is 0.253. The molecule has 2 nitrogen and oxygen atoms in total. The van der Waals surface area contributed by atoms with E-state index in [2.05, 4.69) is 0 Å². The molecule has 0 aromatic heterocycles. The highest BCUT2D eigenvalue weighted by Gasteiger charge is 2.56. The Bertz CT molecular complexity index is 187. The molecule has 13 heavy (non-hydrogen) atoms. The van der Waals surface area contributed by atoms with Crippen molar-refractivity contribution >= 4 is 11.6 Å². The van der Waals surface area contributed by atoms with Crippen LogP contribution in [-0.4, -0.2) is 47.3 Å². The molecule has 1 atom stereocenters. The van der Waals surface area contributed by atoms with E-state index in [4.69, 9.17) is 11.6 Å². The standard InChI is InChI=1S/C7H11ClF3NO/c8-2-4-12-3-1-6(13,5-12)7(9,10)11/h13H,1-5H2. The van der Waals surface area contributed by atoms with Crippen molar-refractivity contribution in [3.63, 3.8) is 0 Å². The lowest BCUT2D eigenvalue weighted by molar-refractivity contribution is -0.253. The van der Waals surface area contributed by atoms with Crippen LogP contribution >= 0.6 is 11.6 Å². The zero-order chi connectivity index (χ0) is 10.1. The summed E-state index contributed by atoms with van der Waals surface area (Å²) in [5.74, 6) is 0.286. The monoisotopic (exact) mass is 217 g/mol. The molecular formula is C7H11ClF3NO. The number of β-amino-alcohol motifs (C(OH)–C–C–N with tert-alkyl or cyclic N) is 1. The molecule has 0 aromatic carbocycles. The summed E-state index contributed by atoms with van der Waals surface area (Å²) in [4.78, 5) is 1.51. The van der Waals surface area contributed by atoms with Crippen LogP contribution in [0.5, 0.6) is 0 Å². The Labute approximate surface area is 79.3 Å². The molecule has 1 N–H and O–H groups in total. The maximum Gasteiger partial charge on any atom is 0.418 e. The van der Waals surface area contributed by atoms with Gasteiger partial charge in [0.1, 0.15) is 0 Å². The highest BCUT2D eigenvalue weighted by atomic mass is 35.5. The van der Waals surface area contributed by atoms with Crippen LogP contribution in [0.25, 0.3) is 0 Å². The zero-order valence-corrected chi connectivity index (χ0v) is 7.70. The molecule has 1 unspecified atom stereocenters. The van der Waals surface area contributed by atoms with Crippen molar-refractivity contribution in [2.45, 2.75) is 18.2 Å². The third-order valence-electron chi connectivity index (χ3n) is 2.26. The first-order chi connectivity index (χ1) is 5.89. The number of hydrogen-bond donors (Lipinski definition) is 1. The molecule has 6 heteroatoms. The van der Waals surface area contributed by atoms with E-state index in [1.54, 1.807) is 0 Å². The van der Waals surface area contributed by atoms with Gasteiger partial charge in [-0.2, -0.15) is 13.2 Å². The van der Waals surface area contributed by atoms with Crippen LogP contribution in [0.1, 0.15) is 6.42 Å². The van der Waals surface area contributed by atoms with E-state index in [1.807, 2.05) is 0 Å². The number of nitrogens with zero attached hydrogens (tertiary/aromatic N) is 1. The SMILES string of the molecule is OC1(C(F)(F)F)CCN(CCCl)C1. The molecule has 1 saturated heterocycles. The Balaban J connectivity index is 2.56. The lowest BCUT2D eigenvalue weighted by Gasteiger charge is -2.25. The normalized spacial score (nSPS) is 31.2. The topological polar surface area (TPSA) is 23.5 Å². The van der Waals surface area contributed by atoms with Crippen LogP contribution in [0.2, 0.25) is 0 Å². The maximum absolute atomic E-state index is 12.2. The first kappa shape index (κ1) is 11.1. The van der Waals surface area contributed by atoms with Gasteiger partial charge in [0.25, 0.3) is 0 Å². The van der Waals surface area contributed by atoms with Gasteiger partial charge in [-0.3, -0.25) is 4.90 Å². The van der Waals surface area contributed by atoms with Gasteiger partial charge < -0.3 is 5.11 Å². The number of rotatable bonds is 2. The summed E-state index contributed by atoms with van der Waals surface area (Å²) in [6, 6.07) is 0. The fraction of sp³-hybridized carbons (Fsp3) is 1.00. The van der Waals surface area contributed by atoms with Crippen LogP contribution in [0.3, 0.4) is 0 Å². The van der Waals surface area contributed by atoms with Gasteiger partial charge in [0.15, 0.2) is 5.60 Å². The molecule has 78 valence electrons. The molecule has 0 amide bonds. The van der Waals surface area contributed by atoms with E-state index in [1.165, 1.54) is 4.90 Å². The average Bonchev–Trinajstić information content (AvgIpc) is 2.32. The molecule has 1 rings (SSSR count). The molecule has 1 fully saturated rings. The van der Waals surface area contributed by atoms with Crippen molar-refractivity contribution in [2.75, 3.05) is 25.5 Å². The van der Waals surface area contributed by atoms with Gasteiger partial charge in [0, 0.05) is 25.5 Å². The first-order valence-electron chi connectivity index (χ1n) is 3.96. The number of likely N-dealkylation sites (tertiary alicyclic amines) is 1. The number of aliphatic hydroxyl groups is 1. The fourth-order valence-corrected chi connectivity index (χ4v) is 1.65. The third kappa shape index (κ3) is 2.27. The van der Waals surface area contributed by atoms with E-state index in [9.17, 15) is 18.3 Å². The predicted octanol–water partition coefficient (Wildman–Crippen LogP) is 1.22. The predicted molar refractivity (Wildman–Crippen MR) is 42.8 cm³/mol. The quantitative estimate of drug-likeness (QED) is 0.704. The lowest BCUT2D eigenvalue weighted by atomic mass is 10.0. The van der Waals surface area contributed by atoms with Gasteiger partial charge in [-0.1, -0.05) is 0 Å². The molecular weight excluding hydrogens is 207 g/mol. The van der Waals surface area contributed by atoms with Crippen molar-refractivity contribution in [3.05, 3.63) is 0 Å². The molecule has 0 aromatic rings. The fourth-order valence-electron chi connectivity index (χ4n) is 1.41. The van der Waals surface area contributed by atoms with Gasteiger partial charge in [0.05, 0.1) is 0 Å². The van der Waals surface area contributed by atoms with Gasteiger partial charge in [-0.15, -0.1) is 11.6 Å². The van der Waals surface area contributed by atoms with Crippen molar-refractivity contribution in [3.8, 4) is 0 Å². The average molecular weight is 218 g/mol. The van der Waals surface area contributed by atoms with Crippen LogP contribution in [-0.2, 0) is 0 Å². The summed E-state index contributed by atoms with van der Waals surface area (Å²) in [5, 5.41) is 9.22.